The van der Waals surface area contributed by atoms with Gasteiger partial charge in [-0.2, -0.15) is 0 Å². The van der Waals surface area contributed by atoms with Crippen molar-refractivity contribution in [2.75, 3.05) is 0 Å². The number of halogens is 2. The van der Waals surface area contributed by atoms with Crippen molar-refractivity contribution >= 4 is 17.9 Å². The minimum atomic E-state index is -1.50. The molecule has 0 fully saturated rings. The number of carbonyl (C=O) groups excluding carboxylic acids is 2. The van der Waals surface area contributed by atoms with Crippen LogP contribution in [0.5, 0.6) is 0 Å². The average molecular weight is 301 g/mol. The van der Waals surface area contributed by atoms with E-state index < -0.39 is 42.0 Å². The van der Waals surface area contributed by atoms with Gasteiger partial charge in [0.05, 0.1) is 6.42 Å². The number of benzene rings is 1. The van der Waals surface area contributed by atoms with Crippen LogP contribution in [0.1, 0.15) is 12.0 Å². The highest BCUT2D eigenvalue weighted by Gasteiger charge is 2.22. The van der Waals surface area contributed by atoms with Crippen LogP contribution in [0, 0.1) is 11.6 Å². The summed E-state index contributed by atoms with van der Waals surface area (Å²) in [6, 6.07) is 0.268. The Morgan fingerprint density at radius 1 is 1.29 bits per heavy atom. The van der Waals surface area contributed by atoms with Crippen LogP contribution in [0.3, 0.4) is 0 Å². The van der Waals surface area contributed by atoms with Crippen LogP contribution < -0.4 is 16.4 Å². The number of carboxylic acid groups (broad SMARTS) is 1. The number of rotatable bonds is 6. The van der Waals surface area contributed by atoms with Crippen LogP contribution in [0.2, 0.25) is 0 Å². The van der Waals surface area contributed by atoms with Crippen molar-refractivity contribution in [3.05, 3.63) is 35.4 Å². The number of amides is 3. The van der Waals surface area contributed by atoms with E-state index in [1.165, 1.54) is 0 Å². The Morgan fingerprint density at radius 2 is 1.95 bits per heavy atom. The van der Waals surface area contributed by atoms with Crippen molar-refractivity contribution in [2.24, 2.45) is 5.73 Å². The fraction of sp³-hybridized carbons (Fsp3) is 0.250. The summed E-state index contributed by atoms with van der Waals surface area (Å²) in [4.78, 5) is 32.9. The summed E-state index contributed by atoms with van der Waals surface area (Å²) in [5.41, 5.74) is 4.74. The van der Waals surface area contributed by atoms with Crippen molar-refractivity contribution in [1.29, 1.82) is 0 Å². The zero-order valence-corrected chi connectivity index (χ0v) is 10.7. The number of urea groups is 1. The molecule has 1 aromatic carbocycles. The number of aliphatic carboxylic acids is 1. The number of carbonyl (C=O) groups is 3. The predicted octanol–water partition coefficient (Wildman–Crippen LogP) is 0.0926. The molecule has 9 heteroatoms. The van der Waals surface area contributed by atoms with Crippen molar-refractivity contribution in [3.8, 4) is 0 Å². The fourth-order valence-corrected chi connectivity index (χ4v) is 1.46. The Bertz CT molecular complexity index is 565. The van der Waals surface area contributed by atoms with E-state index in [4.69, 9.17) is 10.8 Å². The number of nitrogens with one attached hydrogen (secondary N) is 2. The minimum absolute atomic E-state index is 0.105. The molecule has 1 aromatic rings. The second-order valence-corrected chi connectivity index (χ2v) is 4.12. The second-order valence-electron chi connectivity index (χ2n) is 4.12. The van der Waals surface area contributed by atoms with Gasteiger partial charge in [-0.05, 0) is 18.2 Å². The maximum Gasteiger partial charge on any atom is 0.326 e. The van der Waals surface area contributed by atoms with E-state index in [0.29, 0.717) is 0 Å². The summed E-state index contributed by atoms with van der Waals surface area (Å²) in [5, 5.41) is 12.9. The number of carboxylic acids is 1. The number of hydrogen-bond acceptors (Lipinski definition) is 3. The van der Waals surface area contributed by atoms with Gasteiger partial charge in [-0.1, -0.05) is 0 Å². The lowest BCUT2D eigenvalue weighted by molar-refractivity contribution is -0.140. The number of nitrogens with two attached hydrogens (primary N) is 1. The summed E-state index contributed by atoms with van der Waals surface area (Å²) in [6.45, 7) is -0.349. The number of primary amides is 1. The Labute approximate surface area is 118 Å². The van der Waals surface area contributed by atoms with Gasteiger partial charge >= 0.3 is 12.0 Å². The van der Waals surface area contributed by atoms with Gasteiger partial charge in [-0.3, -0.25) is 4.79 Å². The zero-order chi connectivity index (χ0) is 16.0. The second kappa shape index (κ2) is 7.17. The fourth-order valence-electron chi connectivity index (χ4n) is 1.46. The van der Waals surface area contributed by atoms with Gasteiger partial charge in [-0.25, -0.2) is 18.4 Å². The van der Waals surface area contributed by atoms with Gasteiger partial charge in [0, 0.05) is 12.1 Å². The van der Waals surface area contributed by atoms with E-state index in [0.717, 1.165) is 18.2 Å². The molecule has 0 aliphatic carbocycles. The molecule has 0 saturated carbocycles. The molecule has 0 spiro atoms. The summed E-state index contributed by atoms with van der Waals surface area (Å²) in [5.74, 6) is -3.74. The van der Waals surface area contributed by atoms with Gasteiger partial charge in [0.1, 0.15) is 17.7 Å². The van der Waals surface area contributed by atoms with E-state index in [2.05, 4.69) is 5.32 Å². The van der Waals surface area contributed by atoms with Gasteiger partial charge in [0.25, 0.3) is 0 Å². The molecule has 1 rings (SSSR count). The molecule has 0 bridgehead atoms. The van der Waals surface area contributed by atoms with Gasteiger partial charge in [-0.15, -0.1) is 0 Å². The lowest BCUT2D eigenvalue weighted by Crippen LogP contribution is -2.47. The lowest BCUT2D eigenvalue weighted by atomic mass is 10.2. The Hall–Kier alpha value is -2.71. The van der Waals surface area contributed by atoms with Crippen LogP contribution >= 0.6 is 0 Å². The molecule has 0 radical (unpaired) electrons. The smallest absolute Gasteiger partial charge is 0.326 e. The summed E-state index contributed by atoms with van der Waals surface area (Å²) < 4.78 is 26.2. The molecule has 0 saturated heterocycles. The third-order valence-electron chi connectivity index (χ3n) is 2.46. The Morgan fingerprint density at radius 3 is 2.52 bits per heavy atom. The normalized spacial score (nSPS) is 11.5. The Balaban J connectivity index is 2.58. The largest absolute Gasteiger partial charge is 0.480 e. The van der Waals surface area contributed by atoms with E-state index in [-0.39, 0.29) is 12.1 Å². The molecule has 5 N–H and O–H groups in total. The molecule has 114 valence electrons. The van der Waals surface area contributed by atoms with E-state index in [1.54, 1.807) is 0 Å². The zero-order valence-electron chi connectivity index (χ0n) is 10.7. The highest BCUT2D eigenvalue weighted by Crippen LogP contribution is 2.09. The molecule has 0 unspecified atom stereocenters. The molecule has 21 heavy (non-hydrogen) atoms. The first-order chi connectivity index (χ1) is 9.79. The monoisotopic (exact) mass is 301 g/mol. The highest BCUT2D eigenvalue weighted by molar-refractivity contribution is 5.87. The van der Waals surface area contributed by atoms with Crippen molar-refractivity contribution in [3.63, 3.8) is 0 Å². The Kier molecular flexibility index (Phi) is 5.58. The SMILES string of the molecule is NC(=O)C[C@H](NC(=O)NCc1cc(F)ccc1F)C(=O)O. The minimum Gasteiger partial charge on any atom is -0.480 e. The van der Waals surface area contributed by atoms with Crippen LogP contribution in [0.15, 0.2) is 18.2 Å². The number of hydrogen-bond donors (Lipinski definition) is 4. The van der Waals surface area contributed by atoms with Crippen molar-refractivity contribution in [2.45, 2.75) is 19.0 Å². The molecule has 0 aromatic heterocycles. The molecule has 0 heterocycles. The molecule has 7 nitrogen and oxygen atoms in total. The lowest BCUT2D eigenvalue weighted by Gasteiger charge is -2.13. The van der Waals surface area contributed by atoms with Crippen molar-refractivity contribution in [1.82, 2.24) is 10.6 Å². The van der Waals surface area contributed by atoms with Crippen LogP contribution in [-0.4, -0.2) is 29.1 Å². The first-order valence-corrected chi connectivity index (χ1v) is 5.79. The van der Waals surface area contributed by atoms with Gasteiger partial charge in [0.2, 0.25) is 5.91 Å². The third-order valence-corrected chi connectivity index (χ3v) is 2.46. The maximum atomic E-state index is 13.3. The maximum absolute atomic E-state index is 13.3. The first kappa shape index (κ1) is 16.3. The predicted molar refractivity (Wildman–Crippen MR) is 67.0 cm³/mol. The van der Waals surface area contributed by atoms with E-state index >= 15 is 0 Å². The summed E-state index contributed by atoms with van der Waals surface area (Å²) >= 11 is 0. The third kappa shape index (κ3) is 5.43. The molecule has 0 aliphatic heterocycles. The van der Waals surface area contributed by atoms with Crippen molar-refractivity contribution < 1.29 is 28.3 Å². The quantitative estimate of drug-likeness (QED) is 0.595. The van der Waals surface area contributed by atoms with Crippen LogP contribution in [0.25, 0.3) is 0 Å². The molecule has 3 amide bonds. The highest BCUT2D eigenvalue weighted by atomic mass is 19.1. The standard InChI is InChI=1S/C12H13F2N3O4/c13-7-1-2-8(14)6(3-7)5-16-12(21)17-9(11(19)20)4-10(15)18/h1-3,9H,4-5H2,(H2,15,18)(H,19,20)(H2,16,17,21)/t9-/m0/s1. The van der Waals surface area contributed by atoms with Gasteiger partial charge < -0.3 is 21.5 Å². The van der Waals surface area contributed by atoms with E-state index in [9.17, 15) is 23.2 Å². The van der Waals surface area contributed by atoms with Crippen LogP contribution in [0.4, 0.5) is 13.6 Å². The van der Waals surface area contributed by atoms with E-state index in [1.807, 2.05) is 5.32 Å². The molecule has 0 aliphatic rings. The average Bonchev–Trinajstić information content (AvgIpc) is 2.38. The summed E-state index contributed by atoms with van der Waals surface area (Å²) in [7, 11) is 0. The summed E-state index contributed by atoms with van der Waals surface area (Å²) in [6.07, 6.45) is -0.586. The molecule has 1 atom stereocenters. The molecular weight excluding hydrogens is 288 g/mol. The van der Waals surface area contributed by atoms with Crippen LogP contribution in [-0.2, 0) is 16.1 Å². The molecular formula is C12H13F2N3O4. The first-order valence-electron chi connectivity index (χ1n) is 5.79. The topological polar surface area (TPSA) is 122 Å². The van der Waals surface area contributed by atoms with Gasteiger partial charge in [0.15, 0.2) is 0 Å².